The van der Waals surface area contributed by atoms with Gasteiger partial charge in [-0.3, -0.25) is 14.5 Å². The van der Waals surface area contributed by atoms with E-state index < -0.39 is 17.7 Å². The number of nitrogens with zero attached hydrogens (tertiary/aromatic N) is 1. The number of halogens is 1. The quantitative estimate of drug-likeness (QED) is 0.311. The van der Waals surface area contributed by atoms with Crippen LogP contribution in [0, 0.1) is 13.8 Å². The number of Topliss-reactive ketones (excluding diaryl/α,β-unsaturated/α-hetero) is 1. The predicted octanol–water partition coefficient (Wildman–Crippen LogP) is 5.29. The normalized spacial score (nSPS) is 17.9. The van der Waals surface area contributed by atoms with Crippen LogP contribution in [0.2, 0.25) is 0 Å². The van der Waals surface area contributed by atoms with Crippen LogP contribution in [0.1, 0.15) is 28.7 Å². The van der Waals surface area contributed by atoms with Gasteiger partial charge in [0, 0.05) is 11.3 Å². The molecule has 1 atom stereocenters. The number of carbonyl (C=O) groups excluding carboxylic acids is 2. The molecule has 4 rings (SSSR count). The second-order valence-electron chi connectivity index (χ2n) is 7.25. The van der Waals surface area contributed by atoms with E-state index in [0.29, 0.717) is 33.0 Å². The average Bonchev–Trinajstić information content (AvgIpc) is 3.29. The molecule has 2 aromatic carbocycles. The molecule has 3 aromatic rings. The largest absolute Gasteiger partial charge is 0.507 e. The van der Waals surface area contributed by atoms with Crippen molar-refractivity contribution >= 4 is 39.1 Å². The van der Waals surface area contributed by atoms with Gasteiger partial charge in [-0.2, -0.15) is 0 Å². The molecule has 0 aliphatic carbocycles. The van der Waals surface area contributed by atoms with Gasteiger partial charge in [0.25, 0.3) is 11.7 Å². The third-order valence-electron chi connectivity index (χ3n) is 5.28. The number of amides is 1. The number of furan rings is 1. The van der Waals surface area contributed by atoms with Crippen LogP contribution < -0.4 is 9.64 Å². The number of anilines is 1. The second-order valence-corrected chi connectivity index (χ2v) is 8.11. The Bertz CT molecular complexity index is 1230. The van der Waals surface area contributed by atoms with Crippen LogP contribution in [0.15, 0.2) is 69.1 Å². The summed E-state index contributed by atoms with van der Waals surface area (Å²) < 4.78 is 11.7. The summed E-state index contributed by atoms with van der Waals surface area (Å²) in [5, 5.41) is 11.1. The molecule has 1 aliphatic heterocycles. The van der Waals surface area contributed by atoms with Crippen LogP contribution >= 0.6 is 15.9 Å². The maximum Gasteiger partial charge on any atom is 0.300 e. The summed E-state index contributed by atoms with van der Waals surface area (Å²) in [5.41, 5.74) is 1.76. The Hall–Kier alpha value is -3.32. The highest BCUT2D eigenvalue weighted by molar-refractivity contribution is 9.10. The standard InChI is InChI=1S/C24H20BrNO5/c1-13-6-4-5-7-17(13)26-21(19-10-8-14(2)31-19)20(23(28)24(26)29)22(27)15-9-11-18(30-3)16(25)12-15/h4-12,21,27H,1-3H3/b22-20-. The van der Waals surface area contributed by atoms with Gasteiger partial charge >= 0.3 is 0 Å². The van der Waals surface area contributed by atoms with Gasteiger partial charge in [0.1, 0.15) is 29.1 Å². The highest BCUT2D eigenvalue weighted by Gasteiger charge is 2.48. The number of aliphatic hydroxyl groups is 1. The summed E-state index contributed by atoms with van der Waals surface area (Å²) in [6.45, 7) is 3.64. The van der Waals surface area contributed by atoms with Gasteiger partial charge in [-0.15, -0.1) is 0 Å². The third-order valence-corrected chi connectivity index (χ3v) is 5.89. The first-order valence-electron chi connectivity index (χ1n) is 9.60. The SMILES string of the molecule is COc1ccc(/C(O)=C2/C(=O)C(=O)N(c3ccccc3C)C2c2ccc(C)o2)cc1Br. The monoisotopic (exact) mass is 481 g/mol. The minimum absolute atomic E-state index is 0.0281. The minimum Gasteiger partial charge on any atom is -0.507 e. The average molecular weight is 482 g/mol. The van der Waals surface area contributed by atoms with Gasteiger partial charge in [-0.1, -0.05) is 18.2 Å². The number of rotatable bonds is 4. The molecule has 1 fully saturated rings. The molecular formula is C24H20BrNO5. The third kappa shape index (κ3) is 3.55. The minimum atomic E-state index is -0.893. The van der Waals surface area contributed by atoms with E-state index in [4.69, 9.17) is 9.15 Å². The molecule has 31 heavy (non-hydrogen) atoms. The predicted molar refractivity (Wildman–Crippen MR) is 120 cm³/mol. The molecule has 1 aromatic heterocycles. The van der Waals surface area contributed by atoms with E-state index in [1.807, 2.05) is 19.1 Å². The van der Waals surface area contributed by atoms with Gasteiger partial charge in [-0.25, -0.2) is 0 Å². The maximum atomic E-state index is 13.1. The molecule has 7 heteroatoms. The zero-order valence-corrected chi connectivity index (χ0v) is 18.8. The van der Waals surface area contributed by atoms with E-state index in [1.165, 1.54) is 12.0 Å². The molecule has 1 unspecified atom stereocenters. The van der Waals surface area contributed by atoms with E-state index >= 15 is 0 Å². The summed E-state index contributed by atoms with van der Waals surface area (Å²) >= 11 is 3.39. The highest BCUT2D eigenvalue weighted by Crippen LogP contribution is 2.44. The Kier molecular flexibility index (Phi) is 5.45. The molecule has 2 heterocycles. The van der Waals surface area contributed by atoms with Crippen molar-refractivity contribution in [1.29, 1.82) is 0 Å². The van der Waals surface area contributed by atoms with Crippen molar-refractivity contribution in [1.82, 2.24) is 0 Å². The number of carbonyl (C=O) groups is 2. The Morgan fingerprint density at radius 3 is 2.45 bits per heavy atom. The maximum absolute atomic E-state index is 13.1. The summed E-state index contributed by atoms with van der Waals surface area (Å²) in [7, 11) is 1.53. The van der Waals surface area contributed by atoms with E-state index in [9.17, 15) is 14.7 Å². The number of aliphatic hydroxyl groups excluding tert-OH is 1. The molecular weight excluding hydrogens is 462 g/mol. The molecule has 1 N–H and O–H groups in total. The van der Waals surface area contributed by atoms with Crippen molar-refractivity contribution in [2.24, 2.45) is 0 Å². The fraction of sp³-hybridized carbons (Fsp3) is 0.167. The number of methoxy groups -OCH3 is 1. The van der Waals surface area contributed by atoms with Crippen molar-refractivity contribution in [2.45, 2.75) is 19.9 Å². The summed E-state index contributed by atoms with van der Waals surface area (Å²) in [4.78, 5) is 27.6. The topological polar surface area (TPSA) is 80.0 Å². The Morgan fingerprint density at radius 2 is 1.84 bits per heavy atom. The van der Waals surface area contributed by atoms with Gasteiger partial charge in [0.15, 0.2) is 0 Å². The highest BCUT2D eigenvalue weighted by atomic mass is 79.9. The summed E-state index contributed by atoms with van der Waals surface area (Å²) in [6.07, 6.45) is 0. The Balaban J connectivity index is 1.95. The van der Waals surface area contributed by atoms with Crippen LogP contribution in [-0.4, -0.2) is 23.9 Å². The number of hydrogen-bond acceptors (Lipinski definition) is 5. The first-order chi connectivity index (χ1) is 14.8. The lowest BCUT2D eigenvalue weighted by Gasteiger charge is -2.25. The molecule has 1 saturated heterocycles. The summed E-state index contributed by atoms with van der Waals surface area (Å²) in [5.74, 6) is -0.159. The van der Waals surface area contributed by atoms with Gasteiger partial charge in [-0.05, 0) is 71.7 Å². The zero-order valence-electron chi connectivity index (χ0n) is 17.2. The molecule has 1 amide bonds. The van der Waals surface area contributed by atoms with Crippen LogP contribution in [-0.2, 0) is 9.59 Å². The molecule has 158 valence electrons. The molecule has 0 spiro atoms. The van der Waals surface area contributed by atoms with Crippen LogP contribution in [0.25, 0.3) is 5.76 Å². The van der Waals surface area contributed by atoms with Crippen molar-refractivity contribution in [2.75, 3.05) is 12.0 Å². The van der Waals surface area contributed by atoms with Gasteiger partial charge in [0.05, 0.1) is 17.2 Å². The van der Waals surface area contributed by atoms with Crippen LogP contribution in [0.5, 0.6) is 5.75 Å². The lowest BCUT2D eigenvalue weighted by Crippen LogP contribution is -2.29. The fourth-order valence-corrected chi connectivity index (χ4v) is 4.29. The van der Waals surface area contributed by atoms with E-state index in [2.05, 4.69) is 15.9 Å². The number of hydrogen-bond donors (Lipinski definition) is 1. The number of benzene rings is 2. The van der Waals surface area contributed by atoms with Crippen molar-refractivity contribution in [3.05, 3.63) is 87.3 Å². The summed E-state index contributed by atoms with van der Waals surface area (Å²) in [6, 6.07) is 14.8. The van der Waals surface area contributed by atoms with Crippen molar-refractivity contribution < 1.29 is 23.8 Å². The number of para-hydroxylation sites is 1. The fourth-order valence-electron chi connectivity index (χ4n) is 3.75. The smallest absolute Gasteiger partial charge is 0.300 e. The number of ketones is 1. The zero-order chi connectivity index (χ0) is 22.3. The number of aryl methyl sites for hydroxylation is 2. The van der Waals surface area contributed by atoms with Crippen LogP contribution in [0.3, 0.4) is 0 Å². The number of ether oxygens (including phenoxy) is 1. The van der Waals surface area contributed by atoms with Gasteiger partial charge in [0.2, 0.25) is 0 Å². The Morgan fingerprint density at radius 1 is 1.10 bits per heavy atom. The van der Waals surface area contributed by atoms with Crippen molar-refractivity contribution in [3.63, 3.8) is 0 Å². The molecule has 0 radical (unpaired) electrons. The van der Waals surface area contributed by atoms with E-state index in [-0.39, 0.29) is 11.3 Å². The van der Waals surface area contributed by atoms with Crippen LogP contribution in [0.4, 0.5) is 5.69 Å². The molecule has 0 bridgehead atoms. The Labute approximate surface area is 187 Å². The first-order valence-corrected chi connectivity index (χ1v) is 10.4. The first kappa shape index (κ1) is 20.9. The molecule has 1 aliphatic rings. The van der Waals surface area contributed by atoms with E-state index in [1.54, 1.807) is 49.4 Å². The lowest BCUT2D eigenvalue weighted by molar-refractivity contribution is -0.132. The second kappa shape index (κ2) is 8.07. The van der Waals surface area contributed by atoms with E-state index in [0.717, 1.165) is 5.56 Å². The molecule has 6 nitrogen and oxygen atoms in total. The molecule has 0 saturated carbocycles. The van der Waals surface area contributed by atoms with Gasteiger partial charge < -0.3 is 14.3 Å². The van der Waals surface area contributed by atoms with Crippen molar-refractivity contribution in [3.8, 4) is 5.75 Å². The lowest BCUT2D eigenvalue weighted by atomic mass is 9.99.